The molecule has 0 aliphatic rings. The average molecular weight is 316 g/mol. The third kappa shape index (κ3) is 4.88. The molecule has 22 heavy (non-hydrogen) atoms. The maximum Gasteiger partial charge on any atom is 0.224 e. The number of hydrogen-bond acceptors (Lipinski definition) is 1. The number of carbonyl (C=O) groups excluding carboxylic acids is 1. The number of benzene rings is 2. The van der Waals surface area contributed by atoms with Gasteiger partial charge in [0.2, 0.25) is 5.91 Å². The second kappa shape index (κ2) is 6.97. The summed E-state index contributed by atoms with van der Waals surface area (Å²) in [6.07, 6.45) is 0.372. The molecule has 0 aliphatic carbocycles. The minimum Gasteiger partial charge on any atom is -0.352 e. The van der Waals surface area contributed by atoms with Crippen LogP contribution in [0.4, 0.5) is 0 Å². The third-order valence-corrected chi connectivity index (χ3v) is 3.84. The highest BCUT2D eigenvalue weighted by Crippen LogP contribution is 2.22. The van der Waals surface area contributed by atoms with E-state index in [2.05, 4.69) is 50.4 Å². The molecular formula is C19H22ClNO. The fraction of sp³-hybridized carbons (Fsp3) is 0.316. The molecule has 0 aromatic heterocycles. The molecular weight excluding hydrogens is 294 g/mol. The van der Waals surface area contributed by atoms with Crippen LogP contribution in [0.1, 0.15) is 37.5 Å². The van der Waals surface area contributed by atoms with E-state index < -0.39 is 0 Å². The van der Waals surface area contributed by atoms with Gasteiger partial charge in [0.25, 0.3) is 0 Å². The molecule has 0 fully saturated rings. The average Bonchev–Trinajstić information content (AvgIpc) is 2.47. The van der Waals surface area contributed by atoms with Gasteiger partial charge in [0, 0.05) is 11.6 Å². The summed E-state index contributed by atoms with van der Waals surface area (Å²) in [5.41, 5.74) is 3.52. The summed E-state index contributed by atoms with van der Waals surface area (Å²) in [6, 6.07) is 15.7. The molecule has 2 aromatic rings. The first-order valence-electron chi connectivity index (χ1n) is 7.45. The van der Waals surface area contributed by atoms with Crippen molar-refractivity contribution in [1.82, 2.24) is 5.32 Å². The van der Waals surface area contributed by atoms with Crippen molar-refractivity contribution in [3.63, 3.8) is 0 Å². The van der Waals surface area contributed by atoms with E-state index in [-0.39, 0.29) is 11.3 Å². The minimum atomic E-state index is 0.0159. The first kappa shape index (κ1) is 16.6. The topological polar surface area (TPSA) is 29.1 Å². The lowest BCUT2D eigenvalue weighted by Crippen LogP contribution is -2.24. The van der Waals surface area contributed by atoms with Crippen molar-refractivity contribution >= 4 is 17.5 Å². The molecule has 0 atom stereocenters. The van der Waals surface area contributed by atoms with Crippen molar-refractivity contribution in [2.75, 3.05) is 0 Å². The Balaban J connectivity index is 1.87. The Bertz CT molecular complexity index is 624. The maximum atomic E-state index is 12.0. The molecule has 0 spiro atoms. The van der Waals surface area contributed by atoms with Gasteiger partial charge in [-0.15, -0.1) is 0 Å². The van der Waals surface area contributed by atoms with Gasteiger partial charge in [0.1, 0.15) is 0 Å². The normalized spacial score (nSPS) is 11.3. The quantitative estimate of drug-likeness (QED) is 0.884. The molecule has 3 heteroatoms. The smallest absolute Gasteiger partial charge is 0.224 e. The summed E-state index contributed by atoms with van der Waals surface area (Å²) in [4.78, 5) is 12.0. The Labute approximate surface area is 137 Å². The van der Waals surface area contributed by atoms with Gasteiger partial charge in [-0.3, -0.25) is 4.79 Å². The Morgan fingerprint density at radius 1 is 0.955 bits per heavy atom. The van der Waals surface area contributed by atoms with Crippen molar-refractivity contribution in [2.24, 2.45) is 0 Å². The van der Waals surface area contributed by atoms with Crippen molar-refractivity contribution in [3.8, 4) is 0 Å². The Morgan fingerprint density at radius 3 is 2.05 bits per heavy atom. The zero-order valence-electron chi connectivity index (χ0n) is 13.3. The summed E-state index contributed by atoms with van der Waals surface area (Å²) in [7, 11) is 0. The van der Waals surface area contributed by atoms with Crippen LogP contribution in [0.25, 0.3) is 0 Å². The van der Waals surface area contributed by atoms with E-state index in [1.54, 1.807) is 12.1 Å². The molecule has 0 bridgehead atoms. The van der Waals surface area contributed by atoms with Crippen LogP contribution in [0.2, 0.25) is 5.02 Å². The lowest BCUT2D eigenvalue weighted by Gasteiger charge is -2.19. The molecule has 0 aliphatic heterocycles. The first-order chi connectivity index (χ1) is 10.3. The van der Waals surface area contributed by atoms with Crippen LogP contribution >= 0.6 is 11.6 Å². The zero-order chi connectivity index (χ0) is 16.2. The summed E-state index contributed by atoms with van der Waals surface area (Å²) in [6.45, 7) is 7.12. The predicted molar refractivity (Wildman–Crippen MR) is 92.1 cm³/mol. The molecule has 0 saturated carbocycles. The van der Waals surface area contributed by atoms with Gasteiger partial charge in [-0.2, -0.15) is 0 Å². The van der Waals surface area contributed by atoms with E-state index in [1.807, 2.05) is 12.1 Å². The molecule has 2 rings (SSSR count). The van der Waals surface area contributed by atoms with E-state index in [4.69, 9.17) is 11.6 Å². The first-order valence-corrected chi connectivity index (χ1v) is 7.83. The lowest BCUT2D eigenvalue weighted by atomic mass is 9.87. The van der Waals surface area contributed by atoms with Crippen LogP contribution in [-0.4, -0.2) is 5.91 Å². The van der Waals surface area contributed by atoms with E-state index in [1.165, 1.54) is 5.56 Å². The van der Waals surface area contributed by atoms with E-state index in [0.717, 1.165) is 11.1 Å². The number of rotatable bonds is 4. The van der Waals surface area contributed by atoms with Gasteiger partial charge >= 0.3 is 0 Å². The van der Waals surface area contributed by atoms with Crippen molar-refractivity contribution in [3.05, 3.63) is 70.2 Å². The van der Waals surface area contributed by atoms with Crippen LogP contribution in [0.5, 0.6) is 0 Å². The Morgan fingerprint density at radius 2 is 1.50 bits per heavy atom. The molecule has 2 aromatic carbocycles. The van der Waals surface area contributed by atoms with E-state index in [9.17, 15) is 4.79 Å². The number of carbonyl (C=O) groups is 1. The van der Waals surface area contributed by atoms with Crippen LogP contribution in [0.3, 0.4) is 0 Å². The van der Waals surface area contributed by atoms with Crippen molar-refractivity contribution < 1.29 is 4.79 Å². The van der Waals surface area contributed by atoms with Gasteiger partial charge in [-0.05, 0) is 34.2 Å². The van der Waals surface area contributed by atoms with E-state index in [0.29, 0.717) is 18.0 Å². The zero-order valence-corrected chi connectivity index (χ0v) is 14.1. The number of amides is 1. The van der Waals surface area contributed by atoms with Gasteiger partial charge in [0.15, 0.2) is 0 Å². The largest absolute Gasteiger partial charge is 0.352 e. The number of nitrogens with one attached hydrogen (secondary N) is 1. The van der Waals surface area contributed by atoms with Crippen LogP contribution in [-0.2, 0) is 23.2 Å². The van der Waals surface area contributed by atoms with Crippen molar-refractivity contribution in [1.29, 1.82) is 0 Å². The fourth-order valence-electron chi connectivity index (χ4n) is 2.17. The standard InChI is InChI=1S/C19H22ClNO/c1-19(2,3)16-8-4-15(5-9-16)13-21-18(22)12-14-6-10-17(20)11-7-14/h4-11H,12-13H2,1-3H3,(H,21,22). The molecule has 2 nitrogen and oxygen atoms in total. The molecule has 1 amide bonds. The van der Waals surface area contributed by atoms with Gasteiger partial charge < -0.3 is 5.32 Å². The van der Waals surface area contributed by atoms with Gasteiger partial charge in [-0.1, -0.05) is 68.8 Å². The second-order valence-electron chi connectivity index (χ2n) is 6.53. The number of halogens is 1. The predicted octanol–water partition coefficient (Wildman–Crippen LogP) is 4.50. The summed E-state index contributed by atoms with van der Waals surface area (Å²) < 4.78 is 0. The van der Waals surface area contributed by atoms with E-state index >= 15 is 0 Å². The SMILES string of the molecule is CC(C)(C)c1ccc(CNC(=O)Cc2ccc(Cl)cc2)cc1. The van der Waals surface area contributed by atoms with Gasteiger partial charge in [-0.25, -0.2) is 0 Å². The molecule has 0 saturated heterocycles. The van der Waals surface area contributed by atoms with Crippen LogP contribution < -0.4 is 5.32 Å². The highest BCUT2D eigenvalue weighted by atomic mass is 35.5. The molecule has 116 valence electrons. The molecule has 1 N–H and O–H groups in total. The maximum absolute atomic E-state index is 12.0. The molecule has 0 heterocycles. The molecule has 0 unspecified atom stereocenters. The molecule has 0 radical (unpaired) electrons. The second-order valence-corrected chi connectivity index (χ2v) is 6.96. The number of hydrogen-bond donors (Lipinski definition) is 1. The van der Waals surface area contributed by atoms with Crippen molar-refractivity contribution in [2.45, 2.75) is 39.2 Å². The lowest BCUT2D eigenvalue weighted by molar-refractivity contribution is -0.120. The monoisotopic (exact) mass is 315 g/mol. The summed E-state index contributed by atoms with van der Waals surface area (Å²) >= 11 is 5.83. The minimum absolute atomic E-state index is 0.0159. The third-order valence-electron chi connectivity index (χ3n) is 3.59. The summed E-state index contributed by atoms with van der Waals surface area (Å²) in [5, 5.41) is 3.63. The Hall–Kier alpha value is -1.80. The Kier molecular flexibility index (Phi) is 5.25. The fourth-order valence-corrected chi connectivity index (χ4v) is 2.30. The van der Waals surface area contributed by atoms with Gasteiger partial charge in [0.05, 0.1) is 6.42 Å². The highest BCUT2D eigenvalue weighted by molar-refractivity contribution is 6.30. The summed E-state index contributed by atoms with van der Waals surface area (Å²) in [5.74, 6) is 0.0159. The van der Waals surface area contributed by atoms with Crippen LogP contribution in [0.15, 0.2) is 48.5 Å². The van der Waals surface area contributed by atoms with Crippen LogP contribution in [0, 0.1) is 0 Å². The highest BCUT2D eigenvalue weighted by Gasteiger charge is 2.12.